The maximum absolute atomic E-state index is 13.7. The zero-order valence-electron chi connectivity index (χ0n) is 15.3. The fourth-order valence-electron chi connectivity index (χ4n) is 2.80. The summed E-state index contributed by atoms with van der Waals surface area (Å²) in [5.41, 5.74) is 3.57. The zero-order valence-corrected chi connectivity index (χ0v) is 16.1. The molecule has 1 amide bonds. The van der Waals surface area contributed by atoms with Crippen molar-refractivity contribution in [3.63, 3.8) is 0 Å². The first kappa shape index (κ1) is 19.0. The van der Waals surface area contributed by atoms with E-state index in [0.29, 0.717) is 5.56 Å². The lowest BCUT2D eigenvalue weighted by atomic mass is 9.97. The highest BCUT2D eigenvalue weighted by atomic mass is 32.1. The third-order valence-electron chi connectivity index (χ3n) is 4.23. The Morgan fingerprint density at radius 1 is 1.22 bits per heavy atom. The van der Waals surface area contributed by atoms with E-state index in [1.165, 1.54) is 35.1 Å². The highest BCUT2D eigenvalue weighted by molar-refractivity contribution is 7.09. The van der Waals surface area contributed by atoms with Crippen LogP contribution in [0.1, 0.15) is 40.4 Å². The number of aryl methyl sites for hydroxylation is 2. The molecule has 0 unspecified atom stereocenters. The largest absolute Gasteiger partial charge is 0.342 e. The van der Waals surface area contributed by atoms with Gasteiger partial charge in [-0.15, -0.1) is 11.3 Å². The molecule has 0 aliphatic rings. The van der Waals surface area contributed by atoms with E-state index in [2.05, 4.69) is 17.2 Å². The zero-order chi connectivity index (χ0) is 19.2. The van der Waals surface area contributed by atoms with E-state index in [1.54, 1.807) is 12.1 Å². The quantitative estimate of drug-likeness (QED) is 0.607. The van der Waals surface area contributed by atoms with Crippen LogP contribution in [0.4, 0.5) is 4.39 Å². The van der Waals surface area contributed by atoms with E-state index >= 15 is 0 Å². The monoisotopic (exact) mass is 380 g/mol. The smallest absolute Gasteiger partial charge is 0.244 e. The summed E-state index contributed by atoms with van der Waals surface area (Å²) in [5, 5.41) is 5.82. The van der Waals surface area contributed by atoms with E-state index < -0.39 is 6.04 Å². The number of halogens is 1. The summed E-state index contributed by atoms with van der Waals surface area (Å²) in [6.07, 6.45) is 4.08. The molecular weight excluding hydrogens is 359 g/mol. The van der Waals surface area contributed by atoms with Crippen molar-refractivity contribution in [2.75, 3.05) is 0 Å². The van der Waals surface area contributed by atoms with Gasteiger partial charge < -0.3 is 5.32 Å². The van der Waals surface area contributed by atoms with Crippen LogP contribution in [0.5, 0.6) is 0 Å². The molecule has 3 rings (SSSR count). The second-order valence-electron chi connectivity index (χ2n) is 6.22. The van der Waals surface area contributed by atoms with Gasteiger partial charge in [-0.1, -0.05) is 43.3 Å². The normalized spacial score (nSPS) is 12.3. The minimum atomic E-state index is -0.430. The Hall–Kier alpha value is -2.79. The molecule has 3 nitrogen and oxygen atoms in total. The molecule has 1 heterocycles. The summed E-state index contributed by atoms with van der Waals surface area (Å²) < 4.78 is 13.7. The minimum Gasteiger partial charge on any atom is -0.342 e. The highest BCUT2D eigenvalue weighted by Crippen LogP contribution is 2.23. The number of carbonyl (C=O) groups is 1. The molecule has 2 aromatic carbocycles. The van der Waals surface area contributed by atoms with E-state index in [1.807, 2.05) is 42.6 Å². The standard InChI is InChI=1S/C22H21FN2OS/c1-3-16-7-9-17(10-8-16)22(18-5-4-6-19(23)13-18)25-21(26)12-11-20-14-27-15(2)24-20/h4-14,22H,3H2,1-2H3,(H,25,26)/b12-11-/t22-/m0/s1. The molecule has 0 saturated heterocycles. The van der Waals surface area contributed by atoms with Crippen molar-refractivity contribution in [1.82, 2.24) is 10.3 Å². The predicted molar refractivity (Wildman–Crippen MR) is 108 cm³/mol. The average Bonchev–Trinajstić information content (AvgIpc) is 3.10. The molecule has 0 spiro atoms. The first-order chi connectivity index (χ1) is 13.0. The van der Waals surface area contributed by atoms with E-state index in [9.17, 15) is 9.18 Å². The molecule has 0 fully saturated rings. The van der Waals surface area contributed by atoms with Crippen molar-refractivity contribution < 1.29 is 9.18 Å². The molecule has 0 aliphatic heterocycles. The van der Waals surface area contributed by atoms with Crippen molar-refractivity contribution >= 4 is 23.3 Å². The van der Waals surface area contributed by atoms with E-state index in [0.717, 1.165) is 22.7 Å². The second kappa shape index (κ2) is 8.73. The van der Waals surface area contributed by atoms with Gasteiger partial charge in [0.05, 0.1) is 16.7 Å². The number of carbonyl (C=O) groups excluding carboxylic acids is 1. The van der Waals surface area contributed by atoms with Crippen LogP contribution >= 0.6 is 11.3 Å². The first-order valence-corrected chi connectivity index (χ1v) is 9.68. The molecule has 27 heavy (non-hydrogen) atoms. The van der Waals surface area contributed by atoms with Gasteiger partial charge in [0.15, 0.2) is 0 Å². The maximum Gasteiger partial charge on any atom is 0.244 e. The van der Waals surface area contributed by atoms with Crippen LogP contribution in [-0.4, -0.2) is 10.9 Å². The van der Waals surface area contributed by atoms with Crippen LogP contribution in [0.25, 0.3) is 6.08 Å². The van der Waals surface area contributed by atoms with Gasteiger partial charge >= 0.3 is 0 Å². The van der Waals surface area contributed by atoms with Crippen LogP contribution in [0.15, 0.2) is 60.0 Å². The third kappa shape index (κ3) is 5.11. The van der Waals surface area contributed by atoms with Crippen molar-refractivity contribution in [2.24, 2.45) is 0 Å². The fraction of sp³-hybridized carbons (Fsp3) is 0.182. The molecule has 5 heteroatoms. The Bertz CT molecular complexity index is 947. The topological polar surface area (TPSA) is 42.0 Å². The average molecular weight is 380 g/mol. The molecule has 0 radical (unpaired) electrons. The molecule has 138 valence electrons. The lowest BCUT2D eigenvalue weighted by Crippen LogP contribution is -2.27. The lowest BCUT2D eigenvalue weighted by molar-refractivity contribution is -0.116. The Balaban J connectivity index is 1.84. The number of hydrogen-bond donors (Lipinski definition) is 1. The summed E-state index contributed by atoms with van der Waals surface area (Å²) in [4.78, 5) is 16.8. The summed E-state index contributed by atoms with van der Waals surface area (Å²) in [6, 6.07) is 13.9. The van der Waals surface area contributed by atoms with Crippen molar-refractivity contribution in [2.45, 2.75) is 26.3 Å². The number of nitrogens with one attached hydrogen (secondary N) is 1. The minimum absolute atomic E-state index is 0.255. The number of thiazole rings is 1. The number of amides is 1. The van der Waals surface area contributed by atoms with Crippen LogP contribution in [-0.2, 0) is 11.2 Å². The van der Waals surface area contributed by atoms with Gasteiger partial charge in [-0.25, -0.2) is 9.37 Å². The van der Waals surface area contributed by atoms with E-state index in [-0.39, 0.29) is 11.7 Å². The van der Waals surface area contributed by atoms with Gasteiger partial charge in [0, 0.05) is 11.5 Å². The SMILES string of the molecule is CCc1ccc([C@H](NC(=O)/C=C\c2csc(C)n2)c2cccc(F)c2)cc1. The molecule has 0 saturated carbocycles. The Labute approximate surface area is 162 Å². The van der Waals surface area contributed by atoms with Crippen molar-refractivity contribution in [1.29, 1.82) is 0 Å². The highest BCUT2D eigenvalue weighted by Gasteiger charge is 2.16. The number of hydrogen-bond acceptors (Lipinski definition) is 3. The van der Waals surface area contributed by atoms with Gasteiger partial charge in [-0.3, -0.25) is 4.79 Å². The van der Waals surface area contributed by atoms with E-state index in [4.69, 9.17) is 0 Å². The van der Waals surface area contributed by atoms with Crippen molar-refractivity contribution in [3.05, 3.63) is 93.2 Å². The molecule has 1 atom stereocenters. The second-order valence-corrected chi connectivity index (χ2v) is 7.28. The maximum atomic E-state index is 13.7. The third-order valence-corrected chi connectivity index (χ3v) is 5.02. The molecular formula is C22H21FN2OS. The molecule has 0 bridgehead atoms. The van der Waals surface area contributed by atoms with Crippen molar-refractivity contribution in [3.8, 4) is 0 Å². The number of benzene rings is 2. The summed E-state index contributed by atoms with van der Waals surface area (Å²) in [7, 11) is 0. The molecule has 1 N–H and O–H groups in total. The van der Waals surface area contributed by atoms with Crippen LogP contribution in [0.3, 0.4) is 0 Å². The molecule has 3 aromatic rings. The number of rotatable bonds is 6. The summed E-state index contributed by atoms with van der Waals surface area (Å²) in [5.74, 6) is -0.583. The number of nitrogens with zero attached hydrogens (tertiary/aromatic N) is 1. The van der Waals surface area contributed by atoms with Gasteiger partial charge in [-0.05, 0) is 48.2 Å². The Morgan fingerprint density at radius 2 is 2.00 bits per heavy atom. The van der Waals surface area contributed by atoms with Crippen LogP contribution in [0.2, 0.25) is 0 Å². The predicted octanol–water partition coefficient (Wildman–Crippen LogP) is 5.07. The summed E-state index contributed by atoms with van der Waals surface area (Å²) in [6.45, 7) is 4.01. The first-order valence-electron chi connectivity index (χ1n) is 8.80. The van der Waals surface area contributed by atoms with Crippen LogP contribution in [0, 0.1) is 12.7 Å². The van der Waals surface area contributed by atoms with Crippen LogP contribution < -0.4 is 5.32 Å². The molecule has 0 aliphatic carbocycles. The van der Waals surface area contributed by atoms with Gasteiger partial charge in [0.1, 0.15) is 5.82 Å². The fourth-order valence-corrected chi connectivity index (χ4v) is 3.38. The summed E-state index contributed by atoms with van der Waals surface area (Å²) >= 11 is 1.53. The number of aromatic nitrogens is 1. The Morgan fingerprint density at radius 3 is 2.63 bits per heavy atom. The lowest BCUT2D eigenvalue weighted by Gasteiger charge is -2.19. The molecule has 1 aromatic heterocycles. The van der Waals surface area contributed by atoms with Gasteiger partial charge in [0.2, 0.25) is 5.91 Å². The van der Waals surface area contributed by atoms with Gasteiger partial charge in [-0.2, -0.15) is 0 Å². The van der Waals surface area contributed by atoms with Gasteiger partial charge in [0.25, 0.3) is 0 Å². The Kier molecular flexibility index (Phi) is 6.14.